The zero-order valence-electron chi connectivity index (χ0n) is 48.9. The molecule has 0 unspecified atom stereocenters. The largest absolute Gasteiger partial charge is 0.386 e. The van der Waals surface area contributed by atoms with E-state index in [2.05, 4.69) is 37.2 Å². The van der Waals surface area contributed by atoms with E-state index in [-0.39, 0.29) is 59.7 Å². The number of benzene rings is 1. The van der Waals surface area contributed by atoms with Crippen LogP contribution in [0.2, 0.25) is 0 Å². The molecule has 10 bridgehead atoms. The number of thiazole rings is 6. The second-order valence-electron chi connectivity index (χ2n) is 21.8. The van der Waals surface area contributed by atoms with Crippen LogP contribution in [0, 0.1) is 24.7 Å². The Morgan fingerprint density at radius 1 is 0.685 bits per heavy atom. The summed E-state index contributed by atoms with van der Waals surface area (Å²) in [6.45, 7) is 7.94. The molecule has 2 fully saturated rings. The van der Waals surface area contributed by atoms with Crippen LogP contribution in [0.1, 0.15) is 132 Å². The molecular formula is C59H63N15O9S6. The van der Waals surface area contributed by atoms with Crippen molar-refractivity contribution in [3.8, 4) is 43.4 Å². The SMILES string of the molecule is CNC(=O)C[C@@H]1NC(=O)c2csc(n2)-c2ccc(-c3nc(NC(=O)[C@H]4CC[C@H](C(=O)N5CCNCC5)CC4)cs3)nc2-c2csc(n2)-c2csc(n2)[C@H]([C@@H](O)c2ccccc2)NC(=O)CNC(=O)c2nc(sc2COC)[C@H](C(C)C)NC(=O)c2nc1sc2C. The average molecular weight is 1320 g/mol. The van der Waals surface area contributed by atoms with E-state index in [4.69, 9.17) is 39.6 Å². The summed E-state index contributed by atoms with van der Waals surface area (Å²) in [5.41, 5.74) is 2.84. The van der Waals surface area contributed by atoms with Gasteiger partial charge in [0.25, 0.3) is 17.7 Å². The number of hydrogen-bond donors (Lipinski definition) is 8. The van der Waals surface area contributed by atoms with Gasteiger partial charge in [0.05, 0.1) is 42.2 Å². The van der Waals surface area contributed by atoms with Gasteiger partial charge in [-0.15, -0.1) is 68.0 Å². The lowest BCUT2D eigenvalue weighted by atomic mass is 9.81. The van der Waals surface area contributed by atoms with Crippen LogP contribution in [-0.4, -0.2) is 133 Å². The average Bonchev–Trinajstić information content (AvgIpc) is 2.17. The first-order valence-corrected chi connectivity index (χ1v) is 33.9. The molecule has 8 N–H and O–H groups in total. The van der Waals surface area contributed by atoms with E-state index in [0.717, 1.165) is 24.4 Å². The molecule has 1 aliphatic carbocycles. The molecular weight excluding hydrogens is 1260 g/mol. The summed E-state index contributed by atoms with van der Waals surface area (Å²) in [5, 5.41) is 41.8. The number of anilines is 1. The van der Waals surface area contributed by atoms with E-state index in [1.165, 1.54) is 70.8 Å². The number of carbonyl (C=O) groups excluding carboxylic acids is 7. The van der Waals surface area contributed by atoms with E-state index >= 15 is 0 Å². The highest BCUT2D eigenvalue weighted by Gasteiger charge is 2.35. The van der Waals surface area contributed by atoms with Gasteiger partial charge in [-0.25, -0.2) is 34.9 Å². The van der Waals surface area contributed by atoms with Gasteiger partial charge in [0.2, 0.25) is 23.6 Å². The molecule has 464 valence electrons. The maximum atomic E-state index is 14.4. The minimum atomic E-state index is -1.27. The van der Waals surface area contributed by atoms with Gasteiger partial charge in [0.1, 0.15) is 82.2 Å². The molecule has 1 saturated carbocycles. The van der Waals surface area contributed by atoms with Crippen LogP contribution in [0.5, 0.6) is 0 Å². The van der Waals surface area contributed by atoms with Crippen molar-refractivity contribution in [2.75, 3.05) is 52.2 Å². The van der Waals surface area contributed by atoms with Gasteiger partial charge >= 0.3 is 0 Å². The van der Waals surface area contributed by atoms with Crippen LogP contribution in [0.3, 0.4) is 0 Å². The molecule has 0 spiro atoms. The summed E-state index contributed by atoms with van der Waals surface area (Å²) in [6, 6.07) is 9.61. The molecule has 2 aliphatic heterocycles. The number of pyridine rings is 1. The van der Waals surface area contributed by atoms with Crippen molar-refractivity contribution in [3.63, 3.8) is 0 Å². The Labute approximate surface area is 535 Å². The number of carbonyl (C=O) groups is 7. The summed E-state index contributed by atoms with van der Waals surface area (Å²) in [7, 11) is 2.95. The molecule has 7 aromatic heterocycles. The molecule has 1 aromatic carbocycles. The summed E-state index contributed by atoms with van der Waals surface area (Å²) >= 11 is 7.29. The van der Waals surface area contributed by atoms with Crippen molar-refractivity contribution in [3.05, 3.63) is 111 Å². The van der Waals surface area contributed by atoms with E-state index < -0.39 is 60.3 Å². The monoisotopic (exact) mass is 1320 g/mol. The molecule has 4 atom stereocenters. The Bertz CT molecular complexity index is 3920. The van der Waals surface area contributed by atoms with E-state index in [9.17, 15) is 38.7 Å². The predicted molar refractivity (Wildman–Crippen MR) is 340 cm³/mol. The van der Waals surface area contributed by atoms with Crippen molar-refractivity contribution in [2.45, 2.75) is 83.7 Å². The van der Waals surface area contributed by atoms with Crippen LogP contribution in [0.25, 0.3) is 43.4 Å². The minimum absolute atomic E-state index is 0.00195. The molecule has 8 aromatic rings. The number of aliphatic hydroxyl groups excluding tert-OH is 1. The molecule has 0 radical (unpaired) electrons. The van der Waals surface area contributed by atoms with Gasteiger partial charge < -0.3 is 52.0 Å². The van der Waals surface area contributed by atoms with Gasteiger partial charge in [0.15, 0.2) is 0 Å². The molecule has 9 heterocycles. The first-order chi connectivity index (χ1) is 43.0. The third-order valence-electron chi connectivity index (χ3n) is 15.4. The summed E-state index contributed by atoms with van der Waals surface area (Å²) in [4.78, 5) is 134. The molecule has 7 amide bonds. The summed E-state index contributed by atoms with van der Waals surface area (Å²) in [6.07, 6.45) is 0.992. The predicted octanol–water partition coefficient (Wildman–Crippen LogP) is 7.49. The maximum Gasteiger partial charge on any atom is 0.271 e. The fourth-order valence-electron chi connectivity index (χ4n) is 10.6. The Hall–Kier alpha value is -7.68. The highest BCUT2D eigenvalue weighted by molar-refractivity contribution is 7.15. The quantitative estimate of drug-likeness (QED) is 0.0622. The standard InChI is InChI=1S/C59H63N15O9S6/c1-28(2)43-58-73-46(39(89-58)23-83-5)51(80)62-22-42(76)70-47(48(77)30-9-7-6-8-10-30)57-67-38(26-86-57)55-65-36(24-85-55)45-33(53-66-37(25-84-53)50(79)64-35(21-41(75)60-4)56-72-44(29(3)88-56)52(81)71-43)15-16-34(63-45)54-69-40(27-87-54)68-49(78)31-11-13-32(14-12-31)59(82)74-19-17-61-18-20-74/h6-10,15-16,24-28,31-32,35,43,47-48,61,77H,11-14,17-23H2,1-5H3,(H,60,75)(H,62,80)(H,64,79)(H,68,78)(H,70,76)(H,71,81)/t31-,32-,35-,43-,47-,48-/m0/s1. The van der Waals surface area contributed by atoms with Crippen molar-refractivity contribution >= 4 is 115 Å². The van der Waals surface area contributed by atoms with Gasteiger partial charge in [-0.3, -0.25) is 33.6 Å². The van der Waals surface area contributed by atoms with Crippen LogP contribution < -0.4 is 37.2 Å². The fraction of sp³-hybridized carbons (Fsp3) is 0.390. The van der Waals surface area contributed by atoms with Crippen LogP contribution in [-0.2, 0) is 30.5 Å². The van der Waals surface area contributed by atoms with Gasteiger partial charge in [0, 0.05) is 84.1 Å². The first-order valence-electron chi connectivity index (χ1n) is 28.8. The van der Waals surface area contributed by atoms with Crippen molar-refractivity contribution in [1.29, 1.82) is 0 Å². The number of methoxy groups -OCH3 is 1. The number of nitrogens with zero attached hydrogens (tertiary/aromatic N) is 8. The number of nitrogens with one attached hydrogen (secondary N) is 7. The van der Waals surface area contributed by atoms with Crippen molar-refractivity contribution in [1.82, 2.24) is 71.7 Å². The maximum absolute atomic E-state index is 14.4. The molecule has 89 heavy (non-hydrogen) atoms. The highest BCUT2D eigenvalue weighted by Crippen LogP contribution is 2.41. The number of rotatable bonds is 11. The lowest BCUT2D eigenvalue weighted by Gasteiger charge is -2.33. The normalized spacial score (nSPS) is 19.8. The highest BCUT2D eigenvalue weighted by atomic mass is 32.1. The Morgan fingerprint density at radius 3 is 2.13 bits per heavy atom. The Morgan fingerprint density at radius 2 is 1.38 bits per heavy atom. The van der Waals surface area contributed by atoms with Crippen molar-refractivity contribution in [2.24, 2.45) is 17.8 Å². The van der Waals surface area contributed by atoms with E-state index in [1.807, 2.05) is 36.3 Å². The number of ether oxygens (including phenoxy) is 1. The van der Waals surface area contributed by atoms with Crippen LogP contribution in [0.4, 0.5) is 5.82 Å². The molecule has 1 saturated heterocycles. The lowest BCUT2D eigenvalue weighted by Crippen LogP contribution is -2.49. The fourth-order valence-corrected chi connectivity index (χ4v) is 16.1. The second-order valence-corrected chi connectivity index (χ2v) is 27.6. The van der Waals surface area contributed by atoms with Gasteiger partial charge in [-0.05, 0) is 56.2 Å². The number of hydrogen-bond acceptors (Lipinski definition) is 23. The number of fused-ring (bicyclic) bond motifs is 14. The number of aromatic nitrogens is 7. The van der Waals surface area contributed by atoms with Crippen LogP contribution >= 0.6 is 68.0 Å². The topological polar surface area (TPSA) is 327 Å². The van der Waals surface area contributed by atoms with Crippen LogP contribution in [0.15, 0.2) is 64.0 Å². The molecule has 30 heteroatoms. The second kappa shape index (κ2) is 28.0. The number of piperazine rings is 1. The number of aryl methyl sites for hydroxylation is 1. The lowest BCUT2D eigenvalue weighted by molar-refractivity contribution is -0.138. The van der Waals surface area contributed by atoms with Gasteiger partial charge in [-0.2, -0.15) is 0 Å². The Balaban J connectivity index is 0.932. The number of aliphatic hydroxyl groups is 1. The third kappa shape index (κ3) is 14.3. The van der Waals surface area contributed by atoms with Gasteiger partial charge in [-0.1, -0.05) is 44.2 Å². The van der Waals surface area contributed by atoms with E-state index in [0.29, 0.717) is 118 Å². The molecule has 24 nitrogen and oxygen atoms in total. The third-order valence-corrected chi connectivity index (χ3v) is 21.1. The zero-order chi connectivity index (χ0) is 62.5. The molecule has 11 rings (SSSR count). The van der Waals surface area contributed by atoms with Crippen molar-refractivity contribution < 1.29 is 43.4 Å². The first kappa shape index (κ1) is 62.9. The molecule has 3 aliphatic rings. The zero-order valence-corrected chi connectivity index (χ0v) is 53.8. The Kier molecular flexibility index (Phi) is 19.8. The summed E-state index contributed by atoms with van der Waals surface area (Å²) in [5.74, 6) is -3.08. The smallest absolute Gasteiger partial charge is 0.271 e. The minimum Gasteiger partial charge on any atom is -0.386 e. The summed E-state index contributed by atoms with van der Waals surface area (Å²) < 4.78 is 5.46. The number of amides is 7. The van der Waals surface area contributed by atoms with E-state index in [1.54, 1.807) is 53.4 Å².